The molecule has 0 aliphatic rings. The molecule has 0 heterocycles. The minimum Gasteiger partial charge on any atom is -1.00 e. The normalized spacial score (nSPS) is 10.9. The van der Waals surface area contributed by atoms with Gasteiger partial charge < -0.3 is 12.3 Å². The first kappa shape index (κ1) is 30.5. The summed E-state index contributed by atoms with van der Waals surface area (Å²) in [7, 11) is -10.2. The van der Waals surface area contributed by atoms with Gasteiger partial charge in [-0.1, -0.05) is 36.4 Å². The summed E-state index contributed by atoms with van der Waals surface area (Å²) in [6.45, 7) is 0. The van der Waals surface area contributed by atoms with Gasteiger partial charge in [-0.2, -0.15) is 16.8 Å². The third kappa shape index (κ3) is 7.71. The quantitative estimate of drug-likeness (QED) is 0.145. The predicted molar refractivity (Wildman–Crippen MR) is 111 cm³/mol. The van der Waals surface area contributed by atoms with Gasteiger partial charge in [0.1, 0.15) is 4.90 Å². The van der Waals surface area contributed by atoms with Gasteiger partial charge in [-0.05, 0) is 30.3 Å². The Labute approximate surface area is 242 Å². The Morgan fingerprint density at radius 2 is 1.12 bits per heavy atom. The summed E-state index contributed by atoms with van der Waals surface area (Å²) in [5.41, 5.74) is -0.0218. The van der Waals surface area contributed by atoms with Gasteiger partial charge in [0.25, 0.3) is 20.2 Å². The molecule has 0 aliphatic carbocycles. The summed E-state index contributed by atoms with van der Waals surface area (Å²) in [5.74, 6) is -3.94. The Balaban J connectivity index is 0. The molecule has 0 aromatic heterocycles. The van der Waals surface area contributed by atoms with Crippen molar-refractivity contribution in [1.82, 2.24) is 0 Å². The van der Waals surface area contributed by atoms with Crippen molar-refractivity contribution in [2.24, 2.45) is 0 Å². The maximum absolute atomic E-state index is 12.5. The zero-order chi connectivity index (χ0) is 23.5. The van der Waals surface area contributed by atoms with E-state index in [1.54, 1.807) is 12.1 Å². The maximum Gasteiger partial charge on any atom is 1.00 e. The molecule has 3 rings (SSSR count). The van der Waals surface area contributed by atoms with Crippen LogP contribution in [-0.2, 0) is 20.2 Å². The molecular formula is C20H16Na2O10S2. The van der Waals surface area contributed by atoms with Crippen molar-refractivity contribution >= 4 is 32.2 Å². The Hall–Kier alpha value is -1.58. The van der Waals surface area contributed by atoms with Crippen LogP contribution in [0.2, 0.25) is 0 Å². The second kappa shape index (κ2) is 12.4. The summed E-state index contributed by atoms with van der Waals surface area (Å²) < 4.78 is 76.1. The number of esters is 2. The van der Waals surface area contributed by atoms with Crippen LogP contribution in [0.5, 0.6) is 11.5 Å². The summed E-state index contributed by atoms with van der Waals surface area (Å²) in [5, 5.41) is 0. The van der Waals surface area contributed by atoms with Crippen LogP contribution < -0.4 is 68.6 Å². The van der Waals surface area contributed by atoms with Crippen molar-refractivity contribution in [3.8, 4) is 11.5 Å². The molecule has 0 amide bonds. The fourth-order valence-electron chi connectivity index (χ4n) is 2.53. The Bertz CT molecular complexity index is 1400. The maximum atomic E-state index is 12.5. The molecule has 0 aliphatic heterocycles. The Morgan fingerprint density at radius 3 is 1.53 bits per heavy atom. The molecule has 14 heteroatoms. The summed E-state index contributed by atoms with van der Waals surface area (Å²) >= 11 is 0. The van der Waals surface area contributed by atoms with Crippen LogP contribution in [0.1, 0.15) is 23.6 Å². The third-order valence-corrected chi connectivity index (χ3v) is 5.68. The van der Waals surface area contributed by atoms with Gasteiger partial charge in [0.05, 0.1) is 16.0 Å². The second-order valence-corrected chi connectivity index (χ2v) is 9.02. The Kier molecular flexibility index (Phi) is 11.1. The number of rotatable bonds is 6. The van der Waals surface area contributed by atoms with Crippen molar-refractivity contribution in [1.29, 1.82) is 0 Å². The van der Waals surface area contributed by atoms with Gasteiger partial charge in [-0.15, -0.1) is 0 Å². The number of carbonyl (C=O) groups is 2. The second-order valence-electron chi connectivity index (χ2n) is 6.21. The molecule has 0 bridgehead atoms. The molecule has 3 aromatic carbocycles. The number of hydrogen-bond acceptors (Lipinski definition) is 8. The van der Waals surface area contributed by atoms with Gasteiger partial charge >= 0.3 is 71.1 Å². The van der Waals surface area contributed by atoms with Crippen LogP contribution in [0.15, 0.2) is 82.6 Å². The minimum atomic E-state index is -5.21. The van der Waals surface area contributed by atoms with E-state index in [1.807, 2.05) is 0 Å². The molecule has 0 saturated carbocycles. The topological polar surface area (TPSA) is 161 Å². The van der Waals surface area contributed by atoms with E-state index in [4.69, 9.17) is 9.47 Å². The van der Waals surface area contributed by atoms with Gasteiger partial charge in [0.15, 0.2) is 11.5 Å². The summed E-state index contributed by atoms with van der Waals surface area (Å²) in [6, 6.07) is 15.6. The van der Waals surface area contributed by atoms with E-state index in [0.29, 0.717) is 12.1 Å². The predicted octanol–water partition coefficient (Wildman–Crippen LogP) is -3.15. The minimum absolute atomic E-state index is 0. The fourth-order valence-corrected chi connectivity index (χ4v) is 3.78. The van der Waals surface area contributed by atoms with E-state index in [9.17, 15) is 35.5 Å². The SMILES string of the molecule is O=C(Oc1cc(S(=O)(=O)O)cc(S(=O)(=O)O)c1OC(=O)c1ccccc1)c1ccccc1.[H-].[H-].[Na+].[Na+]. The zero-order valence-electron chi connectivity index (χ0n) is 19.9. The van der Waals surface area contributed by atoms with Crippen LogP contribution >= 0.6 is 0 Å². The van der Waals surface area contributed by atoms with Crippen molar-refractivity contribution < 1.29 is 107 Å². The standard InChI is InChI=1S/C20H14O10S2.2Na.2H/c21-19(13-7-3-1-4-8-13)29-16-11-15(31(23,24)25)12-17(32(26,27)28)18(16)30-20(22)14-9-5-2-6-10-14;;;;/h1-12H,(H,23,24,25)(H,26,27,28);;;;/q;2*+1;2*-1. The summed E-state index contributed by atoms with van der Waals surface area (Å²) in [6.07, 6.45) is 0. The van der Waals surface area contributed by atoms with E-state index in [2.05, 4.69) is 0 Å². The first-order valence-corrected chi connectivity index (χ1v) is 11.5. The molecule has 170 valence electrons. The number of carbonyl (C=O) groups excluding carboxylic acids is 2. The van der Waals surface area contributed by atoms with Crippen LogP contribution in [0.25, 0.3) is 0 Å². The largest absolute Gasteiger partial charge is 1.00 e. The van der Waals surface area contributed by atoms with E-state index >= 15 is 0 Å². The number of benzene rings is 3. The molecule has 3 aromatic rings. The molecule has 34 heavy (non-hydrogen) atoms. The zero-order valence-corrected chi connectivity index (χ0v) is 23.5. The number of hydrogen-bond donors (Lipinski definition) is 2. The van der Waals surface area contributed by atoms with Gasteiger partial charge in [0, 0.05) is 6.07 Å². The van der Waals surface area contributed by atoms with Crippen LogP contribution in [-0.4, -0.2) is 37.9 Å². The van der Waals surface area contributed by atoms with Crippen LogP contribution in [0, 0.1) is 0 Å². The van der Waals surface area contributed by atoms with Gasteiger partial charge in [-0.25, -0.2) is 9.59 Å². The Morgan fingerprint density at radius 1 is 0.676 bits per heavy atom. The first-order chi connectivity index (χ1) is 15.0. The van der Waals surface area contributed by atoms with Crippen molar-refractivity contribution in [3.63, 3.8) is 0 Å². The fraction of sp³-hybridized carbons (Fsp3) is 0. The molecule has 0 atom stereocenters. The first-order valence-electron chi connectivity index (χ1n) is 8.64. The molecule has 2 N–H and O–H groups in total. The molecule has 0 saturated heterocycles. The third-order valence-electron chi connectivity index (χ3n) is 3.99. The number of ether oxygens (including phenoxy) is 2. The molecule has 0 unspecified atom stereocenters. The van der Waals surface area contributed by atoms with Crippen molar-refractivity contribution in [2.45, 2.75) is 9.79 Å². The van der Waals surface area contributed by atoms with Crippen LogP contribution in [0.3, 0.4) is 0 Å². The average molecular weight is 526 g/mol. The van der Waals surface area contributed by atoms with Crippen LogP contribution in [0.4, 0.5) is 0 Å². The van der Waals surface area contributed by atoms with Gasteiger partial charge in [-0.3, -0.25) is 9.11 Å². The molecule has 0 fully saturated rings. The van der Waals surface area contributed by atoms with E-state index in [0.717, 1.165) is 0 Å². The average Bonchev–Trinajstić information content (AvgIpc) is 2.74. The monoisotopic (exact) mass is 526 g/mol. The van der Waals surface area contributed by atoms with E-state index < -0.39 is 53.5 Å². The summed E-state index contributed by atoms with van der Waals surface area (Å²) in [4.78, 5) is 22.7. The van der Waals surface area contributed by atoms with E-state index in [1.165, 1.54) is 48.5 Å². The molecule has 0 radical (unpaired) electrons. The molecule has 0 spiro atoms. The van der Waals surface area contributed by atoms with Crippen molar-refractivity contribution in [2.75, 3.05) is 0 Å². The van der Waals surface area contributed by atoms with Crippen molar-refractivity contribution in [3.05, 3.63) is 83.9 Å². The van der Waals surface area contributed by atoms with E-state index in [-0.39, 0.29) is 73.1 Å². The molecular weight excluding hydrogens is 510 g/mol. The molecule has 10 nitrogen and oxygen atoms in total. The smallest absolute Gasteiger partial charge is 1.00 e. The van der Waals surface area contributed by atoms with Gasteiger partial charge in [0.2, 0.25) is 0 Å².